The van der Waals surface area contributed by atoms with E-state index in [4.69, 9.17) is 16.3 Å². The van der Waals surface area contributed by atoms with Crippen LogP contribution in [-0.4, -0.2) is 29.0 Å². The number of fused-ring (bicyclic) bond motifs is 1. The van der Waals surface area contributed by atoms with Crippen LogP contribution in [0.25, 0.3) is 10.9 Å². The molecule has 0 saturated carbocycles. The summed E-state index contributed by atoms with van der Waals surface area (Å²) in [6.45, 7) is 0. The lowest BCUT2D eigenvalue weighted by molar-refractivity contribution is -0.137. The molecule has 3 N–H and O–H groups in total. The lowest BCUT2D eigenvalue weighted by Gasteiger charge is -2.12. The normalized spacial score (nSPS) is 11.2. The molecule has 0 fully saturated rings. The van der Waals surface area contributed by atoms with E-state index in [2.05, 4.69) is 25.9 Å². The number of alkyl halides is 3. The average molecular weight is 534 g/mol. The first-order valence-electron chi connectivity index (χ1n) is 10.5. The van der Waals surface area contributed by atoms with E-state index in [1.807, 2.05) is 0 Å². The summed E-state index contributed by atoms with van der Waals surface area (Å²) in [7, 11) is 1.42. The van der Waals surface area contributed by atoms with Gasteiger partial charge < -0.3 is 20.7 Å². The third-order valence-corrected chi connectivity index (χ3v) is 5.26. The highest BCUT2D eigenvalue weighted by Gasteiger charge is 2.33. The van der Waals surface area contributed by atoms with Crippen molar-refractivity contribution in [1.82, 2.24) is 15.3 Å². The average Bonchev–Trinajstić information content (AvgIpc) is 2.84. The zero-order valence-electron chi connectivity index (χ0n) is 18.8. The summed E-state index contributed by atoms with van der Waals surface area (Å²) < 4.78 is 58.3. The van der Waals surface area contributed by atoms with Gasteiger partial charge in [-0.3, -0.25) is 4.79 Å². The standard InChI is InChI=1S/C24H16ClF4N5O3/c1-30-21(35)20-16-8-2-12(26)10-19(16)33-23(34-20)37-15-6-3-13(4-7-15)31-22(36)32-14-5-9-18(25)17(11-14)24(27,28)29/h2-11H,1H3,(H,30,35)(H2,31,32,36). The molecular formula is C24H16ClF4N5O3. The van der Waals surface area contributed by atoms with E-state index >= 15 is 0 Å². The summed E-state index contributed by atoms with van der Waals surface area (Å²) in [6, 6.07) is 11.5. The maximum atomic E-state index is 13.7. The molecule has 37 heavy (non-hydrogen) atoms. The number of amides is 3. The summed E-state index contributed by atoms with van der Waals surface area (Å²) in [5.41, 5.74) is -0.733. The van der Waals surface area contributed by atoms with Gasteiger partial charge in [-0.1, -0.05) is 11.6 Å². The molecule has 4 aromatic rings. The number of carbonyl (C=O) groups excluding carboxylic acids is 2. The van der Waals surface area contributed by atoms with Gasteiger partial charge in [-0.2, -0.15) is 23.1 Å². The first-order valence-corrected chi connectivity index (χ1v) is 10.8. The maximum absolute atomic E-state index is 13.7. The van der Waals surface area contributed by atoms with Crippen molar-refractivity contribution in [3.63, 3.8) is 0 Å². The number of aromatic nitrogens is 2. The van der Waals surface area contributed by atoms with Gasteiger partial charge in [-0.25, -0.2) is 9.18 Å². The van der Waals surface area contributed by atoms with Crippen molar-refractivity contribution in [1.29, 1.82) is 0 Å². The number of nitrogens with zero attached hydrogens (tertiary/aromatic N) is 2. The van der Waals surface area contributed by atoms with Gasteiger partial charge in [0.1, 0.15) is 17.3 Å². The van der Waals surface area contributed by atoms with Gasteiger partial charge in [-0.05, 0) is 54.6 Å². The number of rotatable bonds is 5. The zero-order chi connectivity index (χ0) is 26.7. The summed E-state index contributed by atoms with van der Waals surface area (Å²) in [6.07, 6.45) is -4.68. The fourth-order valence-electron chi connectivity index (χ4n) is 3.24. The molecule has 1 aromatic heterocycles. The van der Waals surface area contributed by atoms with Crippen molar-refractivity contribution < 1.29 is 31.9 Å². The predicted octanol–water partition coefficient (Wildman–Crippen LogP) is 6.24. The molecule has 8 nitrogen and oxygen atoms in total. The number of hydrogen-bond acceptors (Lipinski definition) is 5. The minimum absolute atomic E-state index is 0.00617. The number of benzene rings is 3. The second-order valence-electron chi connectivity index (χ2n) is 7.49. The highest BCUT2D eigenvalue weighted by Crippen LogP contribution is 2.36. The molecule has 1 heterocycles. The summed E-state index contributed by atoms with van der Waals surface area (Å²) in [4.78, 5) is 32.7. The first-order chi connectivity index (χ1) is 17.5. The summed E-state index contributed by atoms with van der Waals surface area (Å²) in [5, 5.41) is 7.07. The Balaban J connectivity index is 1.47. The van der Waals surface area contributed by atoms with Crippen molar-refractivity contribution in [3.05, 3.63) is 82.8 Å². The van der Waals surface area contributed by atoms with Gasteiger partial charge in [0, 0.05) is 29.9 Å². The topological polar surface area (TPSA) is 105 Å². The molecule has 0 aliphatic rings. The van der Waals surface area contributed by atoms with Crippen LogP contribution < -0.4 is 20.7 Å². The number of halogens is 5. The van der Waals surface area contributed by atoms with Gasteiger partial charge in [-0.15, -0.1) is 0 Å². The van der Waals surface area contributed by atoms with Crippen molar-refractivity contribution in [2.45, 2.75) is 6.18 Å². The minimum atomic E-state index is -4.68. The fraction of sp³-hybridized carbons (Fsp3) is 0.0833. The molecule has 0 atom stereocenters. The van der Waals surface area contributed by atoms with Gasteiger partial charge in [0.15, 0.2) is 0 Å². The highest BCUT2D eigenvalue weighted by atomic mass is 35.5. The Bertz CT molecular complexity index is 1500. The van der Waals surface area contributed by atoms with Crippen LogP contribution >= 0.6 is 11.6 Å². The van der Waals surface area contributed by atoms with E-state index in [0.29, 0.717) is 11.1 Å². The molecule has 0 spiro atoms. The maximum Gasteiger partial charge on any atom is 0.417 e. The van der Waals surface area contributed by atoms with Crippen LogP contribution in [0.3, 0.4) is 0 Å². The third-order valence-electron chi connectivity index (χ3n) is 4.93. The Morgan fingerprint density at radius 3 is 2.27 bits per heavy atom. The fourth-order valence-corrected chi connectivity index (χ4v) is 3.47. The molecule has 0 aliphatic carbocycles. The van der Waals surface area contributed by atoms with E-state index < -0.39 is 34.5 Å². The van der Waals surface area contributed by atoms with E-state index in [0.717, 1.165) is 18.2 Å². The molecule has 0 unspecified atom stereocenters. The quantitative estimate of drug-likeness (QED) is 0.263. The van der Waals surface area contributed by atoms with Gasteiger partial charge >= 0.3 is 18.2 Å². The Labute approximate surface area is 211 Å². The van der Waals surface area contributed by atoms with Crippen LogP contribution in [-0.2, 0) is 6.18 Å². The molecule has 3 aromatic carbocycles. The van der Waals surface area contributed by atoms with E-state index in [-0.39, 0.29) is 28.7 Å². The van der Waals surface area contributed by atoms with Gasteiger partial charge in [0.2, 0.25) is 0 Å². The zero-order valence-corrected chi connectivity index (χ0v) is 19.5. The summed E-state index contributed by atoms with van der Waals surface area (Å²) in [5.74, 6) is -0.837. The Morgan fingerprint density at radius 2 is 1.59 bits per heavy atom. The second-order valence-corrected chi connectivity index (χ2v) is 7.90. The molecular weight excluding hydrogens is 518 g/mol. The Kier molecular flexibility index (Phi) is 7.11. The lowest BCUT2D eigenvalue weighted by Crippen LogP contribution is -2.20. The van der Waals surface area contributed by atoms with E-state index in [1.165, 1.54) is 49.5 Å². The largest absolute Gasteiger partial charge is 0.424 e. The van der Waals surface area contributed by atoms with Crippen molar-refractivity contribution in [2.75, 3.05) is 17.7 Å². The van der Waals surface area contributed by atoms with Crippen LogP contribution in [0.2, 0.25) is 5.02 Å². The number of ether oxygens (including phenoxy) is 1. The number of carbonyl (C=O) groups is 2. The monoisotopic (exact) mass is 533 g/mol. The van der Waals surface area contributed by atoms with Crippen LogP contribution in [0, 0.1) is 5.82 Å². The first kappa shape index (κ1) is 25.6. The van der Waals surface area contributed by atoms with Crippen molar-refractivity contribution in [2.24, 2.45) is 0 Å². The molecule has 0 aliphatic heterocycles. The van der Waals surface area contributed by atoms with Gasteiger partial charge in [0.25, 0.3) is 5.91 Å². The smallest absolute Gasteiger partial charge is 0.417 e. The van der Waals surface area contributed by atoms with Crippen LogP contribution in [0.1, 0.15) is 16.1 Å². The second kappa shape index (κ2) is 10.3. The molecule has 0 saturated heterocycles. The van der Waals surface area contributed by atoms with E-state index in [9.17, 15) is 27.2 Å². The van der Waals surface area contributed by atoms with Crippen LogP contribution in [0.4, 0.5) is 33.7 Å². The lowest BCUT2D eigenvalue weighted by atomic mass is 10.2. The summed E-state index contributed by atoms with van der Waals surface area (Å²) >= 11 is 5.58. The number of hydrogen-bond donors (Lipinski definition) is 3. The molecule has 0 bridgehead atoms. The number of nitrogens with one attached hydrogen (secondary N) is 3. The highest BCUT2D eigenvalue weighted by molar-refractivity contribution is 6.31. The SMILES string of the molecule is CNC(=O)c1nc(Oc2ccc(NC(=O)Nc3ccc(Cl)c(C(F)(F)F)c3)cc2)nc2cc(F)ccc12. The number of urea groups is 1. The molecule has 0 radical (unpaired) electrons. The Hall–Kier alpha value is -4.45. The van der Waals surface area contributed by atoms with Crippen LogP contribution in [0.15, 0.2) is 60.7 Å². The van der Waals surface area contributed by atoms with Gasteiger partial charge in [0.05, 0.1) is 16.1 Å². The Morgan fingerprint density at radius 1 is 0.919 bits per heavy atom. The van der Waals surface area contributed by atoms with Crippen LogP contribution in [0.5, 0.6) is 11.8 Å². The third kappa shape index (κ3) is 6.04. The van der Waals surface area contributed by atoms with Crippen molar-refractivity contribution in [3.8, 4) is 11.8 Å². The minimum Gasteiger partial charge on any atom is -0.424 e. The molecule has 190 valence electrons. The van der Waals surface area contributed by atoms with Crippen molar-refractivity contribution >= 4 is 45.8 Å². The molecule has 3 amide bonds. The molecule has 4 rings (SSSR count). The predicted molar refractivity (Wildman–Crippen MR) is 128 cm³/mol. The molecule has 13 heteroatoms. The van der Waals surface area contributed by atoms with E-state index in [1.54, 1.807) is 0 Å². The number of anilines is 2.